The minimum Gasteiger partial charge on any atom is -0.330 e. The van der Waals surface area contributed by atoms with Crippen molar-refractivity contribution in [2.45, 2.75) is 39.2 Å². The number of H-pyrrole nitrogens is 1. The third-order valence-electron chi connectivity index (χ3n) is 5.80. The molecule has 0 spiro atoms. The summed E-state index contributed by atoms with van der Waals surface area (Å²) in [5.41, 5.74) is 1.60. The number of aryl methyl sites for hydroxylation is 1. The number of piperidine rings is 1. The zero-order chi connectivity index (χ0) is 24.1. The summed E-state index contributed by atoms with van der Waals surface area (Å²) in [6.45, 7) is 3.81. The monoisotopic (exact) mass is 495 g/mol. The first-order valence-corrected chi connectivity index (χ1v) is 12.6. The maximum Gasteiger partial charge on any atom is 0.275 e. The van der Waals surface area contributed by atoms with Crippen molar-refractivity contribution in [3.05, 3.63) is 61.9 Å². The number of anilines is 1. The van der Waals surface area contributed by atoms with Crippen molar-refractivity contribution in [1.29, 1.82) is 0 Å². The van der Waals surface area contributed by atoms with Crippen LogP contribution in [0.15, 0.2) is 23.0 Å². The molecule has 0 saturated carbocycles. The number of sulfonamides is 1. The van der Waals surface area contributed by atoms with E-state index in [1.54, 1.807) is 19.9 Å². The van der Waals surface area contributed by atoms with Crippen LogP contribution in [0.4, 0.5) is 10.1 Å². The number of amides is 1. The van der Waals surface area contributed by atoms with Gasteiger partial charge in [-0.25, -0.2) is 22.3 Å². The van der Waals surface area contributed by atoms with Crippen LogP contribution >= 0.6 is 11.6 Å². The Morgan fingerprint density at radius 2 is 2.00 bits per heavy atom. The van der Waals surface area contributed by atoms with E-state index < -0.39 is 27.8 Å². The van der Waals surface area contributed by atoms with Gasteiger partial charge in [0.15, 0.2) is 5.65 Å². The van der Waals surface area contributed by atoms with Crippen LogP contribution in [0.25, 0.3) is 5.65 Å². The summed E-state index contributed by atoms with van der Waals surface area (Å²) >= 11 is 6.09. The molecule has 0 aliphatic carbocycles. The number of hydrogen-bond acceptors (Lipinski definition) is 5. The van der Waals surface area contributed by atoms with Gasteiger partial charge < -0.3 is 4.90 Å². The van der Waals surface area contributed by atoms with Crippen LogP contribution in [-0.2, 0) is 10.0 Å². The first kappa shape index (κ1) is 23.2. The molecule has 1 aliphatic heterocycles. The standard InChI is InChI=1S/C21H23ClFN5O4S/c1-11-12(2)24-18-10-16(25-28(18)20(11)29)17-6-4-5-7-27(17)21(30)14-8-13(23)9-15(22)19(14)26-33(3,31)32/h8-10,17,25-26H,4-7H2,1-3H3/t17-/m0/s1. The molecule has 1 aromatic carbocycles. The molecule has 176 valence electrons. The SMILES string of the molecule is Cc1nc2cc([C@@H]3CCCCN3C(=O)c3cc(F)cc(Cl)c3NS(C)(=O)=O)[nH]n2c(=O)c1C. The minimum absolute atomic E-state index is 0.171. The van der Waals surface area contributed by atoms with Gasteiger partial charge >= 0.3 is 0 Å². The van der Waals surface area contributed by atoms with E-state index in [4.69, 9.17) is 11.6 Å². The number of nitrogens with zero attached hydrogens (tertiary/aromatic N) is 3. The normalized spacial score (nSPS) is 16.9. The number of hydrogen-bond donors (Lipinski definition) is 2. The molecule has 3 heterocycles. The van der Waals surface area contributed by atoms with Crippen LogP contribution in [0, 0.1) is 19.7 Å². The molecule has 0 radical (unpaired) electrons. The van der Waals surface area contributed by atoms with E-state index in [1.165, 1.54) is 9.42 Å². The number of rotatable bonds is 4. The lowest BCUT2D eigenvalue weighted by Gasteiger charge is -2.35. The summed E-state index contributed by atoms with van der Waals surface area (Å²) in [4.78, 5) is 32.2. The van der Waals surface area contributed by atoms with Gasteiger partial charge in [-0.05, 0) is 45.2 Å². The topological polar surface area (TPSA) is 117 Å². The number of aromatic amines is 1. The lowest BCUT2D eigenvalue weighted by atomic mass is 9.98. The van der Waals surface area contributed by atoms with E-state index in [9.17, 15) is 22.4 Å². The van der Waals surface area contributed by atoms with Crippen molar-refractivity contribution in [3.63, 3.8) is 0 Å². The summed E-state index contributed by atoms with van der Waals surface area (Å²) in [7, 11) is -3.78. The predicted octanol–water partition coefficient (Wildman–Crippen LogP) is 3.17. The molecule has 12 heteroatoms. The second-order valence-corrected chi connectivity index (χ2v) is 10.4. The lowest BCUT2D eigenvalue weighted by Crippen LogP contribution is -2.39. The Morgan fingerprint density at radius 3 is 2.70 bits per heavy atom. The number of aromatic nitrogens is 3. The van der Waals surface area contributed by atoms with E-state index in [1.807, 2.05) is 0 Å². The van der Waals surface area contributed by atoms with Gasteiger partial charge in [0.25, 0.3) is 11.5 Å². The second-order valence-electron chi connectivity index (χ2n) is 8.23. The van der Waals surface area contributed by atoms with Gasteiger partial charge in [-0.15, -0.1) is 0 Å². The molecule has 1 amide bonds. The van der Waals surface area contributed by atoms with E-state index in [0.29, 0.717) is 35.6 Å². The third kappa shape index (κ3) is 4.47. The first-order valence-electron chi connectivity index (χ1n) is 10.3. The quantitative estimate of drug-likeness (QED) is 0.576. The molecule has 33 heavy (non-hydrogen) atoms. The number of halogens is 2. The highest BCUT2D eigenvalue weighted by atomic mass is 35.5. The summed E-state index contributed by atoms with van der Waals surface area (Å²) in [6.07, 6.45) is 3.08. The molecule has 9 nitrogen and oxygen atoms in total. The Labute approximate surface area is 194 Å². The van der Waals surface area contributed by atoms with Crippen LogP contribution in [-0.4, -0.2) is 46.6 Å². The van der Waals surface area contributed by atoms with Crippen LogP contribution in [0.1, 0.15) is 52.6 Å². The zero-order valence-corrected chi connectivity index (χ0v) is 19.8. The largest absolute Gasteiger partial charge is 0.330 e. The summed E-state index contributed by atoms with van der Waals surface area (Å²) < 4.78 is 41.4. The number of likely N-dealkylation sites (tertiary alicyclic amines) is 1. The van der Waals surface area contributed by atoms with Crippen LogP contribution in [0.3, 0.4) is 0 Å². The van der Waals surface area contributed by atoms with Crippen molar-refractivity contribution in [2.24, 2.45) is 0 Å². The molecule has 3 aromatic rings. The highest BCUT2D eigenvalue weighted by Crippen LogP contribution is 2.35. The number of benzene rings is 1. The molecule has 1 fully saturated rings. The molecule has 0 unspecified atom stereocenters. The molecular weight excluding hydrogens is 473 g/mol. The van der Waals surface area contributed by atoms with Gasteiger partial charge in [0, 0.05) is 23.9 Å². The lowest BCUT2D eigenvalue weighted by molar-refractivity contribution is 0.0606. The Bertz CT molecular complexity index is 1430. The van der Waals surface area contributed by atoms with Gasteiger partial charge in [-0.1, -0.05) is 11.6 Å². The fourth-order valence-electron chi connectivity index (χ4n) is 4.09. The van der Waals surface area contributed by atoms with Crippen LogP contribution in [0.2, 0.25) is 5.02 Å². The molecule has 1 atom stereocenters. The summed E-state index contributed by atoms with van der Waals surface area (Å²) in [6, 6.07) is 3.19. The molecule has 2 aromatic heterocycles. The molecule has 4 rings (SSSR count). The fraction of sp³-hybridized carbons (Fsp3) is 0.381. The van der Waals surface area contributed by atoms with Crippen LogP contribution < -0.4 is 10.3 Å². The van der Waals surface area contributed by atoms with E-state index in [0.717, 1.165) is 31.2 Å². The average Bonchev–Trinajstić information content (AvgIpc) is 3.16. The number of fused-ring (bicyclic) bond motifs is 1. The van der Waals surface area contributed by atoms with Crippen LogP contribution in [0.5, 0.6) is 0 Å². The van der Waals surface area contributed by atoms with E-state index in [2.05, 4.69) is 14.8 Å². The third-order valence-corrected chi connectivity index (χ3v) is 6.67. The Kier molecular flexibility index (Phi) is 5.95. The predicted molar refractivity (Wildman–Crippen MR) is 123 cm³/mol. The number of nitrogens with one attached hydrogen (secondary N) is 2. The van der Waals surface area contributed by atoms with Gasteiger partial charge in [-0.2, -0.15) is 0 Å². The Balaban J connectivity index is 1.79. The van der Waals surface area contributed by atoms with E-state index >= 15 is 0 Å². The van der Waals surface area contributed by atoms with Gasteiger partial charge in [0.05, 0.1) is 34.3 Å². The molecule has 2 N–H and O–H groups in total. The van der Waals surface area contributed by atoms with Crippen molar-refractivity contribution < 1.29 is 17.6 Å². The van der Waals surface area contributed by atoms with Crippen molar-refractivity contribution in [1.82, 2.24) is 19.5 Å². The minimum atomic E-state index is -3.78. The zero-order valence-electron chi connectivity index (χ0n) is 18.3. The van der Waals surface area contributed by atoms with Crippen molar-refractivity contribution in [3.8, 4) is 0 Å². The fourth-order valence-corrected chi connectivity index (χ4v) is 4.99. The molecule has 1 saturated heterocycles. The Hall–Kier alpha value is -2.92. The smallest absolute Gasteiger partial charge is 0.275 e. The van der Waals surface area contributed by atoms with Gasteiger partial charge in [0.2, 0.25) is 10.0 Å². The van der Waals surface area contributed by atoms with Gasteiger partial charge in [-0.3, -0.25) is 19.4 Å². The average molecular weight is 496 g/mol. The van der Waals surface area contributed by atoms with Gasteiger partial charge in [0.1, 0.15) is 5.82 Å². The highest BCUT2D eigenvalue weighted by Gasteiger charge is 2.32. The maximum absolute atomic E-state index is 14.2. The Morgan fingerprint density at radius 1 is 1.27 bits per heavy atom. The number of carbonyl (C=O) groups is 1. The maximum atomic E-state index is 14.2. The number of carbonyl (C=O) groups excluding carboxylic acids is 1. The second kappa shape index (κ2) is 8.45. The molecular formula is C21H23ClFN5O4S. The molecule has 1 aliphatic rings. The highest BCUT2D eigenvalue weighted by molar-refractivity contribution is 7.92. The first-order chi connectivity index (χ1) is 15.5. The summed E-state index contributed by atoms with van der Waals surface area (Å²) in [5.74, 6) is -1.33. The van der Waals surface area contributed by atoms with Crippen molar-refractivity contribution >= 4 is 38.9 Å². The van der Waals surface area contributed by atoms with Crippen molar-refractivity contribution in [2.75, 3.05) is 17.5 Å². The molecule has 0 bridgehead atoms. The van der Waals surface area contributed by atoms with E-state index in [-0.39, 0.29) is 21.8 Å². The summed E-state index contributed by atoms with van der Waals surface area (Å²) in [5, 5.41) is 2.83.